The number of hydrogen-bond donors (Lipinski definition) is 0. The molecule has 0 aromatic carbocycles. The Labute approximate surface area is 107 Å². The van der Waals surface area contributed by atoms with Crippen molar-refractivity contribution in [2.45, 2.75) is 25.9 Å². The molecular weight excluding hydrogens is 285 g/mol. The van der Waals surface area contributed by atoms with Crippen LogP contribution in [0.3, 0.4) is 0 Å². The highest BCUT2D eigenvalue weighted by molar-refractivity contribution is 7.61. The number of carbonyl (C=O) groups is 1. The van der Waals surface area contributed by atoms with Gasteiger partial charge in [0.2, 0.25) is 0 Å². The molecule has 84 valence electrons. The molecule has 1 aliphatic heterocycles. The molecule has 16 heavy (non-hydrogen) atoms. The minimum Gasteiger partial charge on any atom is -0.462 e. The highest BCUT2D eigenvalue weighted by Crippen LogP contribution is 2.13. The number of carbonyl (C=O) groups excluding carboxylic acids is 1. The Kier molecular flexibility index (Phi) is 6.14. The van der Waals surface area contributed by atoms with Gasteiger partial charge >= 0.3 is 5.97 Å². The van der Waals surface area contributed by atoms with Crippen LogP contribution in [0.5, 0.6) is 0 Å². The fraction of sp³-hybridized carbons (Fsp3) is 0.625. The lowest BCUT2D eigenvalue weighted by Crippen LogP contribution is -2.53. The first kappa shape index (κ1) is 14.3. The summed E-state index contributed by atoms with van der Waals surface area (Å²) in [5, 5.41) is 0. The van der Waals surface area contributed by atoms with E-state index >= 15 is 0 Å². The molecule has 0 amide bonds. The lowest BCUT2D eigenvalue weighted by atomic mass is 10.4. The molecule has 1 aliphatic rings. The molecule has 3 nitrogen and oxygen atoms in total. The molecule has 1 atom stereocenters. The Morgan fingerprint density at radius 2 is 2.25 bits per heavy atom. The molecule has 0 spiro atoms. The van der Waals surface area contributed by atoms with Crippen LogP contribution in [0, 0.1) is 0 Å². The summed E-state index contributed by atoms with van der Waals surface area (Å²) >= 11 is 0. The molecule has 0 aromatic rings. The first-order valence-electron chi connectivity index (χ1n) is 5.06. The summed E-state index contributed by atoms with van der Waals surface area (Å²) in [6.07, 6.45) is 0.937. The maximum Gasteiger partial charge on any atom is 0.333 e. The van der Waals surface area contributed by atoms with E-state index in [4.69, 9.17) is 8.85 Å². The van der Waals surface area contributed by atoms with Gasteiger partial charge in [-0.1, -0.05) is 6.58 Å². The van der Waals surface area contributed by atoms with Gasteiger partial charge in [0.15, 0.2) is 17.1 Å². The molecule has 0 N–H and O–H groups in total. The summed E-state index contributed by atoms with van der Waals surface area (Å²) in [6.45, 7) is 8.05. The van der Waals surface area contributed by atoms with Crippen LogP contribution < -0.4 is 0 Å². The second-order valence-electron chi connectivity index (χ2n) is 3.83. The Balaban J connectivity index is 2.14. The molecule has 0 bridgehead atoms. The molecule has 8 radical (unpaired) electrons. The highest BCUT2D eigenvalue weighted by Gasteiger charge is 2.31. The van der Waals surface area contributed by atoms with Gasteiger partial charge in [-0.05, 0) is 25.9 Å². The third-order valence-electron chi connectivity index (χ3n) is 2.10. The first-order chi connectivity index (χ1) is 7.53. The minimum atomic E-state index is -1.39. The van der Waals surface area contributed by atoms with E-state index in [1.807, 2.05) is 0 Å². The molecule has 1 unspecified atom stereocenters. The quantitative estimate of drug-likeness (QED) is 0.312. The van der Waals surface area contributed by atoms with E-state index in [0.717, 1.165) is 47.4 Å². The molecule has 0 aromatic heterocycles. The molecule has 1 saturated heterocycles. The minimum absolute atomic E-state index is 0.274. The summed E-state index contributed by atoms with van der Waals surface area (Å²) in [5.41, 5.74) is 0.475. The third-order valence-corrected chi connectivity index (χ3v) is 26.4. The van der Waals surface area contributed by atoms with Crippen molar-refractivity contribution in [2.24, 2.45) is 0 Å². The zero-order valence-electron chi connectivity index (χ0n) is 9.55. The van der Waals surface area contributed by atoms with Crippen LogP contribution in [-0.4, -0.2) is 55.4 Å². The Morgan fingerprint density at radius 1 is 1.50 bits per heavy atom. The van der Waals surface area contributed by atoms with Crippen molar-refractivity contribution in [1.82, 2.24) is 0 Å². The van der Waals surface area contributed by atoms with Crippen molar-refractivity contribution in [3.63, 3.8) is 0 Å². The average Bonchev–Trinajstić information content (AvgIpc) is 2.25. The lowest BCUT2D eigenvalue weighted by Gasteiger charge is -2.30. The summed E-state index contributed by atoms with van der Waals surface area (Å²) < 4.78 is 11.0. The second-order valence-corrected chi connectivity index (χ2v) is 21.3. The standard InChI is InChI=1S/C8H14O3Si5/c1-7(2)8(9)10-5-4-6-16(3)11-12-13-14-15-16/h1,4-6H2,2-3H3. The largest absolute Gasteiger partial charge is 0.462 e. The van der Waals surface area contributed by atoms with Crippen molar-refractivity contribution in [3.05, 3.63) is 12.2 Å². The van der Waals surface area contributed by atoms with Gasteiger partial charge in [0.05, 0.1) is 6.61 Å². The number of ether oxygens (including phenoxy) is 1. The van der Waals surface area contributed by atoms with E-state index in [1.54, 1.807) is 6.92 Å². The van der Waals surface area contributed by atoms with Crippen molar-refractivity contribution < 1.29 is 13.6 Å². The van der Waals surface area contributed by atoms with Crippen LogP contribution in [0.25, 0.3) is 0 Å². The van der Waals surface area contributed by atoms with Crippen LogP contribution in [-0.2, 0) is 13.6 Å². The predicted molar refractivity (Wildman–Crippen MR) is 70.9 cm³/mol. The smallest absolute Gasteiger partial charge is 0.333 e. The van der Waals surface area contributed by atoms with E-state index in [1.165, 1.54) is 0 Å². The molecule has 0 aliphatic carbocycles. The fourth-order valence-corrected chi connectivity index (χ4v) is 33.1. The summed E-state index contributed by atoms with van der Waals surface area (Å²) in [5.74, 6) is -0.274. The Hall–Kier alpha value is 0.254. The monoisotopic (exact) mass is 298 g/mol. The van der Waals surface area contributed by atoms with Crippen LogP contribution in [0.1, 0.15) is 13.3 Å². The van der Waals surface area contributed by atoms with Gasteiger partial charge in [-0.3, -0.25) is 0 Å². The molecule has 0 saturated carbocycles. The van der Waals surface area contributed by atoms with Crippen molar-refractivity contribution in [3.8, 4) is 0 Å². The predicted octanol–water partition coefficient (Wildman–Crippen LogP) is 0.0748. The molecular formula is C8H14O3Si5. The van der Waals surface area contributed by atoms with Crippen LogP contribution >= 0.6 is 0 Å². The summed E-state index contributed by atoms with van der Waals surface area (Å²) in [4.78, 5) is 11.1. The van der Waals surface area contributed by atoms with E-state index in [0.29, 0.717) is 12.2 Å². The Morgan fingerprint density at radius 3 is 2.81 bits per heavy atom. The van der Waals surface area contributed by atoms with Gasteiger partial charge in [0, 0.05) is 31.2 Å². The molecule has 8 heteroatoms. The molecule has 1 fully saturated rings. The Bertz CT molecular complexity index is 264. The zero-order chi connectivity index (χ0) is 12.0. The van der Waals surface area contributed by atoms with Gasteiger partial charge < -0.3 is 8.85 Å². The highest BCUT2D eigenvalue weighted by atomic mass is 29.9. The van der Waals surface area contributed by atoms with Crippen molar-refractivity contribution in [1.29, 1.82) is 0 Å². The van der Waals surface area contributed by atoms with Gasteiger partial charge in [-0.15, -0.1) is 0 Å². The topological polar surface area (TPSA) is 35.5 Å². The van der Waals surface area contributed by atoms with Crippen molar-refractivity contribution in [2.75, 3.05) is 6.61 Å². The molecule has 1 heterocycles. The van der Waals surface area contributed by atoms with Gasteiger partial charge in [0.25, 0.3) is 0 Å². The SMILES string of the molecule is C=C(C)C(=O)OCCC[Si]1(C)O[Si][Si][Si][Si]1. The summed E-state index contributed by atoms with van der Waals surface area (Å²) in [7, 11) is 2.59. The van der Waals surface area contributed by atoms with Crippen LogP contribution in [0.2, 0.25) is 12.6 Å². The van der Waals surface area contributed by atoms with Crippen LogP contribution in [0.15, 0.2) is 12.2 Å². The fourth-order valence-electron chi connectivity index (χ4n) is 1.16. The van der Waals surface area contributed by atoms with E-state index in [9.17, 15) is 4.79 Å². The number of hydrogen-bond acceptors (Lipinski definition) is 3. The number of esters is 1. The lowest BCUT2D eigenvalue weighted by molar-refractivity contribution is -0.138. The molecule has 1 rings (SSSR count). The van der Waals surface area contributed by atoms with Gasteiger partial charge in [-0.25, -0.2) is 4.79 Å². The van der Waals surface area contributed by atoms with Gasteiger partial charge in [-0.2, -0.15) is 0 Å². The van der Waals surface area contributed by atoms with Crippen molar-refractivity contribution >= 4 is 48.7 Å². The normalized spacial score (nSPS) is 25.1. The number of rotatable bonds is 5. The van der Waals surface area contributed by atoms with Crippen LogP contribution in [0.4, 0.5) is 0 Å². The third kappa shape index (κ3) is 5.06. The van der Waals surface area contributed by atoms with E-state index < -0.39 is 7.83 Å². The maximum atomic E-state index is 11.1. The average molecular weight is 299 g/mol. The van der Waals surface area contributed by atoms with E-state index in [2.05, 4.69) is 13.1 Å². The zero-order valence-corrected chi connectivity index (χ0v) is 14.6. The maximum absolute atomic E-state index is 11.1. The van der Waals surface area contributed by atoms with E-state index in [-0.39, 0.29) is 5.97 Å². The second kappa shape index (κ2) is 6.86. The first-order valence-corrected chi connectivity index (χ1v) is 15.6. The van der Waals surface area contributed by atoms with Gasteiger partial charge in [0.1, 0.15) is 0 Å². The summed E-state index contributed by atoms with van der Waals surface area (Å²) in [6, 6.07) is 1.12.